The largest absolute Gasteiger partial charge is 0.377 e. The molecular weight excluding hydrogens is 474 g/mol. The molecule has 1 aromatic heterocycles. The number of para-hydroxylation sites is 1. The molecule has 5 nitrogen and oxygen atoms in total. The normalized spacial score (nSPS) is 24.8. The van der Waals surface area contributed by atoms with Crippen LogP contribution in [-0.4, -0.2) is 36.2 Å². The molecule has 1 fully saturated rings. The molecule has 1 unspecified atom stereocenters. The van der Waals surface area contributed by atoms with Gasteiger partial charge in [-0.2, -0.15) is 0 Å². The van der Waals surface area contributed by atoms with Crippen LogP contribution in [-0.2, 0) is 6.54 Å². The second-order valence-electron chi connectivity index (χ2n) is 9.88. The number of benzene rings is 2. The van der Waals surface area contributed by atoms with E-state index in [4.69, 9.17) is 5.73 Å². The molecular formula is C27H34BrN5. The summed E-state index contributed by atoms with van der Waals surface area (Å²) in [5.41, 5.74) is 12.6. The summed E-state index contributed by atoms with van der Waals surface area (Å²) in [6.45, 7) is 1.95. The first-order chi connectivity index (χ1) is 15.9. The maximum absolute atomic E-state index is 7.01. The van der Waals surface area contributed by atoms with Gasteiger partial charge in [0, 0.05) is 59.2 Å². The van der Waals surface area contributed by atoms with Gasteiger partial charge >= 0.3 is 0 Å². The second kappa shape index (κ2) is 9.16. The van der Waals surface area contributed by atoms with Crippen LogP contribution in [0.15, 0.2) is 59.2 Å². The molecule has 6 heteroatoms. The van der Waals surface area contributed by atoms with Crippen LogP contribution in [0.1, 0.15) is 36.8 Å². The van der Waals surface area contributed by atoms with Crippen molar-refractivity contribution in [3.8, 4) is 0 Å². The van der Waals surface area contributed by atoms with Crippen LogP contribution in [0.3, 0.4) is 0 Å². The maximum atomic E-state index is 7.01. The summed E-state index contributed by atoms with van der Waals surface area (Å²) in [5.74, 6) is 1.14. The molecule has 0 saturated heterocycles. The van der Waals surface area contributed by atoms with Gasteiger partial charge in [0.25, 0.3) is 0 Å². The smallest absolute Gasteiger partial charge is 0.110 e. The van der Waals surface area contributed by atoms with Crippen LogP contribution in [0.4, 0.5) is 5.69 Å². The zero-order valence-corrected chi connectivity index (χ0v) is 21.1. The number of aromatic amines is 1. The lowest BCUT2D eigenvalue weighted by Crippen LogP contribution is -2.55. The molecule has 1 saturated carbocycles. The third-order valence-electron chi connectivity index (χ3n) is 7.41. The fourth-order valence-corrected chi connectivity index (χ4v) is 5.89. The highest BCUT2D eigenvalue weighted by atomic mass is 79.9. The summed E-state index contributed by atoms with van der Waals surface area (Å²) in [4.78, 5) is 5.56. The minimum absolute atomic E-state index is 0.433. The first kappa shape index (κ1) is 22.5. The predicted octanol–water partition coefficient (Wildman–Crippen LogP) is 5.51. The maximum Gasteiger partial charge on any atom is 0.110 e. The number of nitrogens with two attached hydrogens (primary N) is 1. The van der Waals surface area contributed by atoms with Gasteiger partial charge in [0.05, 0.1) is 0 Å². The average molecular weight is 509 g/mol. The summed E-state index contributed by atoms with van der Waals surface area (Å²) >= 11 is 3.59. The van der Waals surface area contributed by atoms with Crippen molar-refractivity contribution in [1.82, 2.24) is 15.2 Å². The molecule has 1 aliphatic carbocycles. The van der Waals surface area contributed by atoms with Crippen molar-refractivity contribution in [3.63, 3.8) is 0 Å². The third-order valence-corrected chi connectivity index (χ3v) is 7.91. The van der Waals surface area contributed by atoms with Gasteiger partial charge in [0.2, 0.25) is 0 Å². The molecule has 174 valence electrons. The molecule has 2 aliphatic rings. The van der Waals surface area contributed by atoms with Crippen molar-refractivity contribution < 1.29 is 0 Å². The minimum Gasteiger partial charge on any atom is -0.377 e. The summed E-state index contributed by atoms with van der Waals surface area (Å²) in [6, 6.07) is 14.9. The van der Waals surface area contributed by atoms with Gasteiger partial charge < -0.3 is 26.3 Å². The van der Waals surface area contributed by atoms with Crippen LogP contribution in [0.25, 0.3) is 16.6 Å². The van der Waals surface area contributed by atoms with E-state index < -0.39 is 5.66 Å². The standard InChI is InChI=1S/C27H34BrN5/c1-33(2)26-14-27(29,32-25-6-4-3-5-22(25)26)20-9-7-18(8-10-20)15-30-16-19-17-31-24-12-11-21(28)13-23(19)24/h3-6,11-14,17-18,20,30-32H,7-10,15-16,29H2,1-2H3. The van der Waals surface area contributed by atoms with E-state index in [0.29, 0.717) is 11.8 Å². The lowest BCUT2D eigenvalue weighted by molar-refractivity contribution is 0.215. The fraction of sp³-hybridized carbons (Fsp3) is 0.407. The monoisotopic (exact) mass is 507 g/mol. The molecule has 2 heterocycles. The zero-order valence-electron chi connectivity index (χ0n) is 19.5. The van der Waals surface area contributed by atoms with E-state index in [-0.39, 0.29) is 0 Å². The topological polar surface area (TPSA) is 69.1 Å². The highest BCUT2D eigenvalue weighted by Crippen LogP contribution is 2.41. The quantitative estimate of drug-likeness (QED) is 0.355. The van der Waals surface area contributed by atoms with Crippen molar-refractivity contribution >= 4 is 38.2 Å². The molecule has 2 aromatic carbocycles. The number of nitrogens with zero attached hydrogens (tertiary/aromatic N) is 1. The van der Waals surface area contributed by atoms with Crippen LogP contribution in [0, 0.1) is 11.8 Å². The lowest BCUT2D eigenvalue weighted by Gasteiger charge is -2.44. The fourth-order valence-electron chi connectivity index (χ4n) is 5.53. The molecule has 0 radical (unpaired) electrons. The highest BCUT2D eigenvalue weighted by Gasteiger charge is 2.39. The van der Waals surface area contributed by atoms with Crippen molar-refractivity contribution in [1.29, 1.82) is 0 Å². The van der Waals surface area contributed by atoms with Gasteiger partial charge in [0.15, 0.2) is 0 Å². The van der Waals surface area contributed by atoms with E-state index in [1.807, 2.05) is 0 Å². The number of hydrogen-bond donors (Lipinski definition) is 4. The van der Waals surface area contributed by atoms with Crippen LogP contribution >= 0.6 is 15.9 Å². The van der Waals surface area contributed by atoms with Crippen molar-refractivity contribution in [2.75, 3.05) is 26.0 Å². The van der Waals surface area contributed by atoms with Gasteiger partial charge in [-0.15, -0.1) is 0 Å². The number of H-pyrrole nitrogens is 1. The Morgan fingerprint density at radius 1 is 1.12 bits per heavy atom. The molecule has 3 aromatic rings. The third kappa shape index (κ3) is 4.57. The van der Waals surface area contributed by atoms with Gasteiger partial charge in [-0.3, -0.25) is 0 Å². The van der Waals surface area contributed by atoms with Crippen molar-refractivity contribution in [3.05, 3.63) is 70.3 Å². The van der Waals surface area contributed by atoms with E-state index in [1.165, 1.54) is 40.6 Å². The first-order valence-corrected chi connectivity index (χ1v) is 12.7. The lowest BCUT2D eigenvalue weighted by atomic mass is 9.74. The van der Waals surface area contributed by atoms with E-state index in [9.17, 15) is 0 Å². The number of anilines is 1. The van der Waals surface area contributed by atoms with Gasteiger partial charge in [-0.25, -0.2) is 0 Å². The first-order valence-electron chi connectivity index (χ1n) is 12.0. The average Bonchev–Trinajstić information content (AvgIpc) is 3.21. The molecule has 5 N–H and O–H groups in total. The Morgan fingerprint density at radius 3 is 2.70 bits per heavy atom. The summed E-state index contributed by atoms with van der Waals surface area (Å²) in [6.07, 6.45) is 9.10. The number of nitrogens with one attached hydrogen (secondary N) is 3. The van der Waals surface area contributed by atoms with E-state index in [0.717, 1.165) is 36.1 Å². The Hall–Kier alpha value is -2.28. The molecule has 0 bridgehead atoms. The van der Waals surface area contributed by atoms with Crippen LogP contribution in [0.2, 0.25) is 0 Å². The molecule has 33 heavy (non-hydrogen) atoms. The van der Waals surface area contributed by atoms with Crippen molar-refractivity contribution in [2.24, 2.45) is 17.6 Å². The SMILES string of the molecule is CN(C)C1=CC(N)(C2CCC(CNCc3c[nH]c4ccc(Br)cc34)CC2)Nc2ccccc21. The number of aromatic nitrogens is 1. The zero-order chi connectivity index (χ0) is 23.0. The van der Waals surface area contributed by atoms with Gasteiger partial charge in [-0.1, -0.05) is 34.1 Å². The number of rotatable bonds is 6. The number of fused-ring (bicyclic) bond motifs is 2. The van der Waals surface area contributed by atoms with Crippen LogP contribution in [0.5, 0.6) is 0 Å². The van der Waals surface area contributed by atoms with Gasteiger partial charge in [-0.05, 0) is 80.0 Å². The summed E-state index contributed by atoms with van der Waals surface area (Å²) in [7, 11) is 4.20. The molecule has 1 aliphatic heterocycles. The van der Waals surface area contributed by atoms with Crippen LogP contribution < -0.4 is 16.4 Å². The summed E-state index contributed by atoms with van der Waals surface area (Å²) < 4.78 is 1.12. The molecule has 0 amide bonds. The number of halogens is 1. The predicted molar refractivity (Wildman–Crippen MR) is 142 cm³/mol. The van der Waals surface area contributed by atoms with Crippen molar-refractivity contribution in [2.45, 2.75) is 37.9 Å². The Labute approximate surface area is 204 Å². The second-order valence-corrected chi connectivity index (χ2v) is 10.8. The summed E-state index contributed by atoms with van der Waals surface area (Å²) in [5, 5.41) is 8.67. The number of hydrogen-bond acceptors (Lipinski definition) is 4. The Morgan fingerprint density at radius 2 is 1.91 bits per heavy atom. The molecule has 0 spiro atoms. The van der Waals surface area contributed by atoms with E-state index in [2.05, 4.69) is 105 Å². The van der Waals surface area contributed by atoms with E-state index >= 15 is 0 Å². The Kier molecular flexibility index (Phi) is 6.25. The molecule has 1 atom stereocenters. The highest BCUT2D eigenvalue weighted by molar-refractivity contribution is 9.10. The van der Waals surface area contributed by atoms with E-state index in [1.54, 1.807) is 0 Å². The Balaban J connectivity index is 1.19. The Bertz CT molecular complexity index is 1160. The minimum atomic E-state index is -0.496. The molecule has 5 rings (SSSR count). The van der Waals surface area contributed by atoms with Gasteiger partial charge in [0.1, 0.15) is 5.66 Å².